The van der Waals surface area contributed by atoms with Crippen molar-refractivity contribution in [2.75, 3.05) is 32.8 Å². The lowest BCUT2D eigenvalue weighted by molar-refractivity contribution is -0.0276. The molecule has 0 radical (unpaired) electrons. The Morgan fingerprint density at radius 1 is 1.00 bits per heavy atom. The average Bonchev–Trinajstić information content (AvgIpc) is 2.98. The SMILES string of the molecule is CCCC1CC(N2CCC(N3CCC(N)CC3)C2)CCO1. The van der Waals surface area contributed by atoms with Crippen LogP contribution in [0.1, 0.15) is 51.9 Å². The maximum Gasteiger partial charge on any atom is 0.0590 e. The van der Waals surface area contributed by atoms with E-state index in [9.17, 15) is 0 Å². The third-order valence-corrected chi connectivity index (χ3v) is 5.75. The van der Waals surface area contributed by atoms with Crippen molar-refractivity contribution in [2.24, 2.45) is 5.73 Å². The van der Waals surface area contributed by atoms with Crippen LogP contribution in [0.25, 0.3) is 0 Å². The molecule has 2 N–H and O–H groups in total. The number of piperidine rings is 1. The minimum Gasteiger partial charge on any atom is -0.378 e. The van der Waals surface area contributed by atoms with Crippen molar-refractivity contribution in [1.82, 2.24) is 9.80 Å². The van der Waals surface area contributed by atoms with Crippen molar-refractivity contribution in [3.05, 3.63) is 0 Å². The summed E-state index contributed by atoms with van der Waals surface area (Å²) in [4.78, 5) is 5.45. The summed E-state index contributed by atoms with van der Waals surface area (Å²) in [5.41, 5.74) is 6.03. The van der Waals surface area contributed by atoms with Gasteiger partial charge in [0.05, 0.1) is 6.10 Å². The van der Waals surface area contributed by atoms with Crippen molar-refractivity contribution < 1.29 is 4.74 Å². The standard InChI is InChI=1S/C17H33N3O/c1-2-3-17-12-15(7-11-21-17)20-10-6-16(13-20)19-8-4-14(18)5-9-19/h14-17H,2-13,18H2,1H3. The molecule has 0 bridgehead atoms. The number of ether oxygens (including phenoxy) is 1. The number of rotatable bonds is 4. The Hall–Kier alpha value is -0.160. The molecule has 3 rings (SSSR count). The van der Waals surface area contributed by atoms with Crippen LogP contribution >= 0.6 is 0 Å². The Morgan fingerprint density at radius 2 is 1.76 bits per heavy atom. The molecule has 3 unspecified atom stereocenters. The van der Waals surface area contributed by atoms with Crippen molar-refractivity contribution in [2.45, 2.75) is 76.1 Å². The largest absolute Gasteiger partial charge is 0.378 e. The monoisotopic (exact) mass is 295 g/mol. The molecule has 21 heavy (non-hydrogen) atoms. The average molecular weight is 295 g/mol. The molecule has 3 atom stereocenters. The zero-order chi connectivity index (χ0) is 14.7. The number of hydrogen-bond acceptors (Lipinski definition) is 4. The number of likely N-dealkylation sites (tertiary alicyclic amines) is 2. The summed E-state index contributed by atoms with van der Waals surface area (Å²) in [5, 5.41) is 0. The van der Waals surface area contributed by atoms with Gasteiger partial charge in [0, 0.05) is 37.8 Å². The molecule has 3 aliphatic rings. The first-order chi connectivity index (χ1) is 10.3. The summed E-state index contributed by atoms with van der Waals surface area (Å²) >= 11 is 0. The van der Waals surface area contributed by atoms with Crippen LogP contribution in [0.15, 0.2) is 0 Å². The van der Waals surface area contributed by atoms with E-state index < -0.39 is 0 Å². The van der Waals surface area contributed by atoms with Crippen LogP contribution in [-0.2, 0) is 4.74 Å². The topological polar surface area (TPSA) is 41.7 Å². The van der Waals surface area contributed by atoms with Crippen LogP contribution < -0.4 is 5.73 Å². The van der Waals surface area contributed by atoms with E-state index in [4.69, 9.17) is 10.5 Å². The highest BCUT2D eigenvalue weighted by atomic mass is 16.5. The first kappa shape index (κ1) is 15.7. The first-order valence-corrected chi connectivity index (χ1v) is 9.11. The highest BCUT2D eigenvalue weighted by Gasteiger charge is 2.35. The lowest BCUT2D eigenvalue weighted by Crippen LogP contribution is -2.47. The van der Waals surface area contributed by atoms with E-state index in [1.165, 1.54) is 71.1 Å². The fourth-order valence-electron chi connectivity index (χ4n) is 4.40. The number of nitrogens with zero attached hydrogens (tertiary/aromatic N) is 2. The quantitative estimate of drug-likeness (QED) is 0.859. The molecule has 0 saturated carbocycles. The maximum absolute atomic E-state index is 6.03. The van der Waals surface area contributed by atoms with Crippen molar-refractivity contribution >= 4 is 0 Å². The van der Waals surface area contributed by atoms with Crippen LogP contribution in [-0.4, -0.2) is 66.8 Å². The Bertz CT molecular complexity index is 315. The fraction of sp³-hybridized carbons (Fsp3) is 1.00. The minimum absolute atomic E-state index is 0.448. The third-order valence-electron chi connectivity index (χ3n) is 5.75. The van der Waals surface area contributed by atoms with Crippen molar-refractivity contribution in [3.8, 4) is 0 Å². The van der Waals surface area contributed by atoms with Gasteiger partial charge in [-0.1, -0.05) is 13.3 Å². The van der Waals surface area contributed by atoms with E-state index in [1.807, 2.05) is 0 Å². The van der Waals surface area contributed by atoms with Crippen molar-refractivity contribution in [3.63, 3.8) is 0 Å². The molecular weight excluding hydrogens is 262 g/mol. The molecule has 3 aliphatic heterocycles. The van der Waals surface area contributed by atoms with Crippen LogP contribution in [0.5, 0.6) is 0 Å². The summed E-state index contributed by atoms with van der Waals surface area (Å²) in [6.07, 6.45) is 9.21. The van der Waals surface area contributed by atoms with Gasteiger partial charge in [-0.25, -0.2) is 0 Å². The molecule has 0 aromatic carbocycles. The lowest BCUT2D eigenvalue weighted by Gasteiger charge is -2.37. The van der Waals surface area contributed by atoms with E-state index in [1.54, 1.807) is 0 Å². The molecule has 4 nitrogen and oxygen atoms in total. The Balaban J connectivity index is 1.47. The Kier molecular flexibility index (Phi) is 5.54. The highest BCUT2D eigenvalue weighted by Crippen LogP contribution is 2.27. The van der Waals surface area contributed by atoms with Gasteiger partial charge in [0.15, 0.2) is 0 Å². The molecule has 0 amide bonds. The van der Waals surface area contributed by atoms with E-state index >= 15 is 0 Å². The smallest absolute Gasteiger partial charge is 0.0590 e. The van der Waals surface area contributed by atoms with Gasteiger partial charge in [-0.05, 0) is 51.6 Å². The molecule has 4 heteroatoms. The summed E-state index contributed by atoms with van der Waals surface area (Å²) < 4.78 is 5.91. The van der Waals surface area contributed by atoms with Gasteiger partial charge in [0.1, 0.15) is 0 Å². The van der Waals surface area contributed by atoms with E-state index in [-0.39, 0.29) is 0 Å². The molecule has 0 aliphatic carbocycles. The van der Waals surface area contributed by atoms with Crippen LogP contribution in [0.2, 0.25) is 0 Å². The van der Waals surface area contributed by atoms with Crippen LogP contribution in [0, 0.1) is 0 Å². The summed E-state index contributed by atoms with van der Waals surface area (Å²) in [6, 6.07) is 2.00. The Labute approximate surface area is 130 Å². The maximum atomic E-state index is 6.03. The molecular formula is C17H33N3O. The van der Waals surface area contributed by atoms with Gasteiger partial charge in [-0.3, -0.25) is 9.80 Å². The van der Waals surface area contributed by atoms with Gasteiger partial charge in [0.25, 0.3) is 0 Å². The second kappa shape index (κ2) is 7.40. The molecule has 3 fully saturated rings. The second-order valence-electron chi connectivity index (χ2n) is 7.27. The normalized spacial score (nSPS) is 37.1. The van der Waals surface area contributed by atoms with E-state index in [0.29, 0.717) is 12.1 Å². The van der Waals surface area contributed by atoms with Gasteiger partial charge >= 0.3 is 0 Å². The van der Waals surface area contributed by atoms with E-state index in [0.717, 1.165) is 18.7 Å². The predicted octanol–water partition coefficient (Wildman–Crippen LogP) is 1.83. The summed E-state index contributed by atoms with van der Waals surface area (Å²) in [5.74, 6) is 0. The second-order valence-corrected chi connectivity index (χ2v) is 7.27. The van der Waals surface area contributed by atoms with E-state index in [2.05, 4.69) is 16.7 Å². The molecule has 0 spiro atoms. The molecule has 3 saturated heterocycles. The third kappa shape index (κ3) is 3.98. The van der Waals surface area contributed by atoms with Crippen LogP contribution in [0.3, 0.4) is 0 Å². The predicted molar refractivity (Wildman–Crippen MR) is 86.4 cm³/mol. The zero-order valence-electron chi connectivity index (χ0n) is 13.7. The van der Waals surface area contributed by atoms with Crippen LogP contribution in [0.4, 0.5) is 0 Å². The van der Waals surface area contributed by atoms with Gasteiger partial charge < -0.3 is 10.5 Å². The van der Waals surface area contributed by atoms with Gasteiger partial charge in [-0.15, -0.1) is 0 Å². The fourth-order valence-corrected chi connectivity index (χ4v) is 4.40. The number of nitrogens with two attached hydrogens (primary N) is 1. The molecule has 0 aromatic rings. The minimum atomic E-state index is 0.448. The van der Waals surface area contributed by atoms with Gasteiger partial charge in [0.2, 0.25) is 0 Å². The summed E-state index contributed by atoms with van der Waals surface area (Å²) in [6.45, 7) is 8.22. The Morgan fingerprint density at radius 3 is 2.52 bits per heavy atom. The number of hydrogen-bond donors (Lipinski definition) is 1. The zero-order valence-corrected chi connectivity index (χ0v) is 13.7. The lowest BCUT2D eigenvalue weighted by atomic mass is 9.99. The summed E-state index contributed by atoms with van der Waals surface area (Å²) in [7, 11) is 0. The molecule has 3 heterocycles. The van der Waals surface area contributed by atoms with Gasteiger partial charge in [-0.2, -0.15) is 0 Å². The van der Waals surface area contributed by atoms with Crippen molar-refractivity contribution in [1.29, 1.82) is 0 Å². The molecule has 122 valence electrons. The molecule has 0 aromatic heterocycles. The highest BCUT2D eigenvalue weighted by molar-refractivity contribution is 4.91. The first-order valence-electron chi connectivity index (χ1n) is 9.11.